The zero-order chi connectivity index (χ0) is 12.8. The van der Waals surface area contributed by atoms with Crippen LogP contribution in [-0.4, -0.2) is 12.5 Å². The van der Waals surface area contributed by atoms with Crippen LogP contribution >= 0.6 is 27.5 Å². The van der Waals surface area contributed by atoms with Crippen LogP contribution in [0.5, 0.6) is 0 Å². The molecule has 0 bridgehead atoms. The number of nitrogens with zero attached hydrogens (tertiary/aromatic N) is 1. The van der Waals surface area contributed by atoms with Crippen molar-refractivity contribution in [2.45, 2.75) is 20.3 Å². The van der Waals surface area contributed by atoms with E-state index in [1.54, 1.807) is 0 Å². The van der Waals surface area contributed by atoms with Gasteiger partial charge in [-0.05, 0) is 47.0 Å². The molecule has 0 spiro atoms. The van der Waals surface area contributed by atoms with E-state index in [2.05, 4.69) is 38.6 Å². The number of benzene rings is 1. The van der Waals surface area contributed by atoms with Crippen LogP contribution in [-0.2, 0) is 0 Å². The Bertz CT molecular complexity index is 420. The van der Waals surface area contributed by atoms with Crippen molar-refractivity contribution in [3.05, 3.63) is 27.2 Å². The summed E-state index contributed by atoms with van der Waals surface area (Å²) in [6.07, 6.45) is 0.961. The Kier molecular flexibility index (Phi) is 5.74. The van der Waals surface area contributed by atoms with E-state index < -0.39 is 0 Å². The summed E-state index contributed by atoms with van der Waals surface area (Å²) < 4.78 is 0.916. The molecule has 94 valence electrons. The minimum Gasteiger partial charge on any atom is -0.324 e. The molecule has 4 nitrogen and oxygen atoms in total. The van der Waals surface area contributed by atoms with E-state index in [-0.39, 0.29) is 0 Å². The van der Waals surface area contributed by atoms with E-state index in [0.717, 1.165) is 22.1 Å². The molecule has 0 saturated heterocycles. The number of aliphatic imine (C=N–C) groups is 1. The lowest BCUT2D eigenvalue weighted by molar-refractivity contribution is 0.905. The van der Waals surface area contributed by atoms with Crippen LogP contribution in [0.1, 0.15) is 18.9 Å². The van der Waals surface area contributed by atoms with Crippen LogP contribution in [0.3, 0.4) is 0 Å². The Balaban J connectivity index is 2.90. The number of nitrogens with one attached hydrogen (secondary N) is 2. The highest BCUT2D eigenvalue weighted by molar-refractivity contribution is 9.10. The molecular weight excluding hydrogens is 304 g/mol. The highest BCUT2D eigenvalue weighted by atomic mass is 79.9. The number of anilines is 1. The fraction of sp³-hybridized carbons (Fsp3) is 0.364. The minimum absolute atomic E-state index is 0.521. The zero-order valence-electron chi connectivity index (χ0n) is 9.85. The second kappa shape index (κ2) is 6.83. The van der Waals surface area contributed by atoms with Crippen molar-refractivity contribution in [3.63, 3.8) is 0 Å². The Morgan fingerprint density at radius 1 is 1.53 bits per heavy atom. The molecule has 0 amide bonds. The number of aryl methyl sites for hydroxylation is 1. The molecule has 0 radical (unpaired) electrons. The van der Waals surface area contributed by atoms with Crippen LogP contribution in [0.25, 0.3) is 0 Å². The second-order valence-corrected chi connectivity index (χ2v) is 4.84. The third-order valence-electron chi connectivity index (χ3n) is 2.13. The molecule has 0 fully saturated rings. The lowest BCUT2D eigenvalue weighted by atomic mass is 10.2. The molecular formula is C11H16BrClN4. The SMILES string of the molecule is CCCN=C(NN)Nc1cc(Cl)c(C)cc1Br. The normalized spacial score (nSPS) is 11.5. The van der Waals surface area contributed by atoms with Crippen molar-refractivity contribution in [1.29, 1.82) is 0 Å². The summed E-state index contributed by atoms with van der Waals surface area (Å²) in [4.78, 5) is 4.25. The van der Waals surface area contributed by atoms with Crippen molar-refractivity contribution in [3.8, 4) is 0 Å². The minimum atomic E-state index is 0.521. The van der Waals surface area contributed by atoms with Gasteiger partial charge in [-0.25, -0.2) is 5.84 Å². The van der Waals surface area contributed by atoms with Crippen LogP contribution < -0.4 is 16.6 Å². The quantitative estimate of drug-likeness (QED) is 0.347. The largest absolute Gasteiger partial charge is 0.324 e. The van der Waals surface area contributed by atoms with Gasteiger partial charge in [0.1, 0.15) is 0 Å². The van der Waals surface area contributed by atoms with Crippen molar-refractivity contribution in [2.75, 3.05) is 11.9 Å². The van der Waals surface area contributed by atoms with Crippen molar-refractivity contribution >= 4 is 39.2 Å². The summed E-state index contributed by atoms with van der Waals surface area (Å²) in [5, 5.41) is 3.78. The number of hydrogen-bond acceptors (Lipinski definition) is 2. The third-order valence-corrected chi connectivity index (χ3v) is 3.19. The monoisotopic (exact) mass is 318 g/mol. The van der Waals surface area contributed by atoms with Crippen molar-refractivity contribution in [2.24, 2.45) is 10.8 Å². The number of guanidine groups is 1. The van der Waals surface area contributed by atoms with Gasteiger partial charge in [-0.3, -0.25) is 10.4 Å². The maximum Gasteiger partial charge on any atom is 0.210 e. The first-order chi connectivity index (χ1) is 8.08. The van der Waals surface area contributed by atoms with Crippen LogP contribution in [0, 0.1) is 6.92 Å². The molecule has 1 rings (SSSR count). The van der Waals surface area contributed by atoms with Crippen molar-refractivity contribution in [1.82, 2.24) is 5.43 Å². The average molecular weight is 320 g/mol. The van der Waals surface area contributed by atoms with Crippen molar-refractivity contribution < 1.29 is 0 Å². The Hall–Kier alpha value is -0.780. The number of hydrogen-bond donors (Lipinski definition) is 3. The molecule has 0 heterocycles. The summed E-state index contributed by atoms with van der Waals surface area (Å²) in [6.45, 7) is 4.71. The van der Waals surface area contributed by atoms with Gasteiger partial charge in [0.15, 0.2) is 0 Å². The summed E-state index contributed by atoms with van der Waals surface area (Å²) in [7, 11) is 0. The van der Waals surface area contributed by atoms with Gasteiger partial charge < -0.3 is 5.32 Å². The average Bonchev–Trinajstić information content (AvgIpc) is 2.30. The maximum absolute atomic E-state index is 6.06. The molecule has 0 aromatic heterocycles. The Morgan fingerprint density at radius 3 is 2.82 bits per heavy atom. The van der Waals surface area contributed by atoms with E-state index in [4.69, 9.17) is 17.4 Å². The Labute approximate surface area is 115 Å². The molecule has 4 N–H and O–H groups in total. The molecule has 0 unspecified atom stereocenters. The first-order valence-electron chi connectivity index (χ1n) is 5.32. The molecule has 1 aromatic carbocycles. The summed E-state index contributed by atoms with van der Waals surface area (Å²) in [5.74, 6) is 5.91. The van der Waals surface area contributed by atoms with Crippen LogP contribution in [0.2, 0.25) is 5.02 Å². The van der Waals surface area contributed by atoms with E-state index in [1.807, 2.05) is 19.1 Å². The molecule has 0 aliphatic carbocycles. The topological polar surface area (TPSA) is 62.4 Å². The molecule has 17 heavy (non-hydrogen) atoms. The van der Waals surface area contributed by atoms with E-state index in [0.29, 0.717) is 17.5 Å². The van der Waals surface area contributed by atoms with Gasteiger partial charge in [0.2, 0.25) is 5.96 Å². The fourth-order valence-electron chi connectivity index (χ4n) is 1.21. The smallest absolute Gasteiger partial charge is 0.210 e. The highest BCUT2D eigenvalue weighted by Crippen LogP contribution is 2.28. The Morgan fingerprint density at radius 2 is 2.24 bits per heavy atom. The standard InChI is InChI=1S/C11H16BrClN4/c1-3-4-15-11(17-14)16-10-6-9(13)7(2)5-8(10)12/h5-6H,3-4,14H2,1-2H3,(H2,15,16,17). The van der Waals surface area contributed by atoms with E-state index in [1.165, 1.54) is 0 Å². The van der Waals surface area contributed by atoms with Gasteiger partial charge >= 0.3 is 0 Å². The van der Waals surface area contributed by atoms with Gasteiger partial charge in [-0.15, -0.1) is 0 Å². The first-order valence-corrected chi connectivity index (χ1v) is 6.49. The molecule has 0 aliphatic rings. The van der Waals surface area contributed by atoms with Crippen LogP contribution in [0.15, 0.2) is 21.6 Å². The number of rotatable bonds is 3. The molecule has 1 aromatic rings. The van der Waals surface area contributed by atoms with Gasteiger partial charge in [-0.1, -0.05) is 18.5 Å². The third kappa shape index (κ3) is 4.18. The van der Waals surface area contributed by atoms with Gasteiger partial charge in [0.25, 0.3) is 0 Å². The van der Waals surface area contributed by atoms with Gasteiger partial charge in [0, 0.05) is 16.0 Å². The fourth-order valence-corrected chi connectivity index (χ4v) is 1.94. The van der Waals surface area contributed by atoms with Gasteiger partial charge in [-0.2, -0.15) is 0 Å². The first kappa shape index (κ1) is 14.3. The van der Waals surface area contributed by atoms with Gasteiger partial charge in [0.05, 0.1) is 5.69 Å². The summed E-state index contributed by atoms with van der Waals surface area (Å²) >= 11 is 9.53. The molecule has 0 aliphatic heterocycles. The van der Waals surface area contributed by atoms with E-state index >= 15 is 0 Å². The lowest BCUT2D eigenvalue weighted by Gasteiger charge is -2.12. The molecule has 0 saturated carbocycles. The summed E-state index contributed by atoms with van der Waals surface area (Å²) in [6, 6.07) is 3.78. The maximum atomic E-state index is 6.06. The molecule has 0 atom stereocenters. The number of nitrogens with two attached hydrogens (primary N) is 1. The predicted molar refractivity (Wildman–Crippen MR) is 77.4 cm³/mol. The number of hydrazine groups is 1. The second-order valence-electron chi connectivity index (χ2n) is 3.58. The molecule has 6 heteroatoms. The number of halogens is 2. The predicted octanol–water partition coefficient (Wildman–Crippen LogP) is 3.05. The lowest BCUT2D eigenvalue weighted by Crippen LogP contribution is -2.36. The van der Waals surface area contributed by atoms with Crippen LogP contribution in [0.4, 0.5) is 5.69 Å². The van der Waals surface area contributed by atoms with E-state index in [9.17, 15) is 0 Å². The highest BCUT2D eigenvalue weighted by Gasteiger charge is 2.06. The summed E-state index contributed by atoms with van der Waals surface area (Å²) in [5.41, 5.74) is 4.36. The zero-order valence-corrected chi connectivity index (χ0v) is 12.2.